The van der Waals surface area contributed by atoms with Gasteiger partial charge in [0, 0.05) is 0 Å². The predicted molar refractivity (Wildman–Crippen MR) is 84.3 cm³/mol. The summed E-state index contributed by atoms with van der Waals surface area (Å²) in [7, 11) is 0. The van der Waals surface area contributed by atoms with E-state index < -0.39 is 0 Å². The van der Waals surface area contributed by atoms with Crippen LogP contribution in [-0.4, -0.2) is 0 Å². The summed E-state index contributed by atoms with van der Waals surface area (Å²) in [4.78, 5) is 0. The van der Waals surface area contributed by atoms with Gasteiger partial charge in [-0.15, -0.1) is 0 Å². The molecule has 0 heterocycles. The van der Waals surface area contributed by atoms with Crippen LogP contribution in [0.3, 0.4) is 0 Å². The van der Waals surface area contributed by atoms with Crippen LogP contribution in [0, 0.1) is 0 Å². The molecule has 1 aliphatic carbocycles. The fraction of sp³-hybridized carbons (Fsp3) is 0.667. The maximum absolute atomic E-state index is 2.35. The van der Waals surface area contributed by atoms with Crippen LogP contribution in [0.25, 0.3) is 0 Å². The molecule has 18 heavy (non-hydrogen) atoms. The van der Waals surface area contributed by atoms with E-state index in [4.69, 9.17) is 0 Å². The Morgan fingerprint density at radius 2 is 1.50 bits per heavy atom. The standard InChI is InChI=1S/C14H20.2C2H6/c1-3-14(4-2)11-7-9-12-8-5-6-10-13(12)14;2*1-2/h5-6,8,10H,3-4,7,9,11H2,1-2H3;2*1-2H3. The van der Waals surface area contributed by atoms with Gasteiger partial charge in [-0.25, -0.2) is 0 Å². The van der Waals surface area contributed by atoms with Crippen LogP contribution in [-0.2, 0) is 11.8 Å². The topological polar surface area (TPSA) is 0 Å². The summed E-state index contributed by atoms with van der Waals surface area (Å²) >= 11 is 0. The molecule has 0 atom stereocenters. The number of benzene rings is 1. The smallest absolute Gasteiger partial charge is 0.00494 e. The van der Waals surface area contributed by atoms with Crippen LogP contribution >= 0.6 is 0 Å². The van der Waals surface area contributed by atoms with E-state index in [1.807, 2.05) is 27.7 Å². The molecule has 0 aromatic heterocycles. The van der Waals surface area contributed by atoms with Crippen molar-refractivity contribution in [2.24, 2.45) is 0 Å². The molecule has 0 spiro atoms. The number of hydrogen-bond donors (Lipinski definition) is 0. The summed E-state index contributed by atoms with van der Waals surface area (Å²) in [6, 6.07) is 9.04. The average molecular weight is 248 g/mol. The van der Waals surface area contributed by atoms with Crippen molar-refractivity contribution in [1.82, 2.24) is 0 Å². The minimum Gasteiger partial charge on any atom is -0.0683 e. The lowest BCUT2D eigenvalue weighted by Gasteiger charge is -2.38. The lowest BCUT2D eigenvalue weighted by molar-refractivity contribution is 0.335. The fourth-order valence-electron chi connectivity index (χ4n) is 2.99. The number of rotatable bonds is 2. The van der Waals surface area contributed by atoms with Crippen LogP contribution in [0.1, 0.15) is 78.4 Å². The fourth-order valence-corrected chi connectivity index (χ4v) is 2.99. The van der Waals surface area contributed by atoms with Crippen molar-refractivity contribution in [3.63, 3.8) is 0 Å². The summed E-state index contributed by atoms with van der Waals surface area (Å²) in [6.07, 6.45) is 6.63. The molecule has 0 saturated heterocycles. The molecule has 2 rings (SSSR count). The van der Waals surface area contributed by atoms with E-state index in [0.717, 1.165) is 0 Å². The Labute approximate surface area is 115 Å². The first-order valence-electron chi connectivity index (χ1n) is 7.91. The first kappa shape index (κ1) is 17.2. The van der Waals surface area contributed by atoms with Gasteiger partial charge in [0.05, 0.1) is 0 Å². The Bertz CT molecular complexity index is 308. The molecule has 0 N–H and O–H groups in total. The third-order valence-corrected chi connectivity index (χ3v) is 4.04. The largest absolute Gasteiger partial charge is 0.0683 e. The Morgan fingerprint density at radius 1 is 0.944 bits per heavy atom. The minimum atomic E-state index is 0.495. The molecule has 0 radical (unpaired) electrons. The highest BCUT2D eigenvalue weighted by Crippen LogP contribution is 2.42. The summed E-state index contributed by atoms with van der Waals surface area (Å²) in [6.45, 7) is 12.7. The summed E-state index contributed by atoms with van der Waals surface area (Å²) in [5.41, 5.74) is 3.73. The molecule has 1 aliphatic rings. The number of aryl methyl sites for hydroxylation is 1. The maximum Gasteiger partial charge on any atom is -0.00494 e. The van der Waals surface area contributed by atoms with Gasteiger partial charge >= 0.3 is 0 Å². The number of hydrogen-bond acceptors (Lipinski definition) is 0. The van der Waals surface area contributed by atoms with Crippen molar-refractivity contribution < 1.29 is 0 Å². The lowest BCUT2D eigenvalue weighted by atomic mass is 9.67. The van der Waals surface area contributed by atoms with Gasteiger partial charge in [0.2, 0.25) is 0 Å². The zero-order valence-electron chi connectivity index (χ0n) is 13.3. The molecule has 0 heteroatoms. The van der Waals surface area contributed by atoms with Gasteiger partial charge in [0.1, 0.15) is 0 Å². The summed E-state index contributed by atoms with van der Waals surface area (Å²) < 4.78 is 0. The molecule has 0 bridgehead atoms. The first-order chi connectivity index (χ1) is 8.82. The van der Waals surface area contributed by atoms with E-state index >= 15 is 0 Å². The van der Waals surface area contributed by atoms with E-state index in [-0.39, 0.29) is 0 Å². The molecule has 0 nitrogen and oxygen atoms in total. The monoisotopic (exact) mass is 248 g/mol. The Morgan fingerprint density at radius 3 is 2.06 bits per heavy atom. The van der Waals surface area contributed by atoms with Gasteiger partial charge in [0.15, 0.2) is 0 Å². The van der Waals surface area contributed by atoms with Crippen molar-refractivity contribution in [3.8, 4) is 0 Å². The molecule has 104 valence electrons. The summed E-state index contributed by atoms with van der Waals surface area (Å²) in [5, 5.41) is 0. The zero-order valence-corrected chi connectivity index (χ0v) is 13.3. The highest BCUT2D eigenvalue weighted by Gasteiger charge is 2.32. The van der Waals surface area contributed by atoms with Gasteiger partial charge < -0.3 is 0 Å². The van der Waals surface area contributed by atoms with Crippen LogP contribution in [0.4, 0.5) is 0 Å². The Kier molecular flexibility index (Phi) is 8.79. The normalized spacial score (nSPS) is 15.4. The Balaban J connectivity index is 0.000000659. The number of fused-ring (bicyclic) bond motifs is 1. The second kappa shape index (κ2) is 9.19. The van der Waals surface area contributed by atoms with Gasteiger partial charge in [-0.05, 0) is 48.6 Å². The third kappa shape index (κ3) is 3.60. The predicted octanol–water partition coefficient (Wildman–Crippen LogP) is 6.13. The van der Waals surface area contributed by atoms with Gasteiger partial charge in [-0.2, -0.15) is 0 Å². The van der Waals surface area contributed by atoms with E-state index in [9.17, 15) is 0 Å². The van der Waals surface area contributed by atoms with E-state index in [0.29, 0.717) is 5.41 Å². The summed E-state index contributed by atoms with van der Waals surface area (Å²) in [5.74, 6) is 0. The van der Waals surface area contributed by atoms with E-state index in [1.54, 1.807) is 11.1 Å². The van der Waals surface area contributed by atoms with Crippen molar-refractivity contribution >= 4 is 0 Å². The zero-order chi connectivity index (χ0) is 14.0. The second-order valence-electron chi connectivity index (χ2n) is 4.50. The van der Waals surface area contributed by atoms with Crippen molar-refractivity contribution in [3.05, 3.63) is 35.4 Å². The molecule has 0 saturated carbocycles. The molecular weight excluding hydrogens is 216 g/mol. The Hall–Kier alpha value is -0.780. The quantitative estimate of drug-likeness (QED) is 0.590. The average Bonchev–Trinajstić information content (AvgIpc) is 2.50. The highest BCUT2D eigenvalue weighted by molar-refractivity contribution is 5.36. The third-order valence-electron chi connectivity index (χ3n) is 4.04. The molecule has 0 fully saturated rings. The molecular formula is C18H32. The van der Waals surface area contributed by atoms with Crippen LogP contribution in [0.2, 0.25) is 0 Å². The van der Waals surface area contributed by atoms with E-state index in [2.05, 4.69) is 38.1 Å². The molecule has 0 unspecified atom stereocenters. The van der Waals surface area contributed by atoms with E-state index in [1.165, 1.54) is 32.1 Å². The second-order valence-corrected chi connectivity index (χ2v) is 4.50. The van der Waals surface area contributed by atoms with Crippen molar-refractivity contribution in [2.75, 3.05) is 0 Å². The van der Waals surface area contributed by atoms with Crippen LogP contribution < -0.4 is 0 Å². The molecule has 0 aliphatic heterocycles. The van der Waals surface area contributed by atoms with Gasteiger partial charge in [0.25, 0.3) is 0 Å². The van der Waals surface area contributed by atoms with Gasteiger partial charge in [-0.1, -0.05) is 65.8 Å². The SMILES string of the molecule is CC.CC.CCC1(CC)CCCc2ccccc21. The van der Waals surface area contributed by atoms with Crippen molar-refractivity contribution in [2.45, 2.75) is 79.1 Å². The van der Waals surface area contributed by atoms with Crippen LogP contribution in [0.15, 0.2) is 24.3 Å². The lowest BCUT2D eigenvalue weighted by Crippen LogP contribution is -2.29. The van der Waals surface area contributed by atoms with Crippen molar-refractivity contribution in [1.29, 1.82) is 0 Å². The minimum absolute atomic E-state index is 0.495. The highest BCUT2D eigenvalue weighted by atomic mass is 14.4. The van der Waals surface area contributed by atoms with Gasteiger partial charge in [-0.3, -0.25) is 0 Å². The van der Waals surface area contributed by atoms with Crippen LogP contribution in [0.5, 0.6) is 0 Å². The molecule has 0 amide bonds. The first-order valence-corrected chi connectivity index (χ1v) is 7.91. The maximum atomic E-state index is 2.35. The molecule has 1 aromatic rings. The molecule has 1 aromatic carbocycles.